The van der Waals surface area contributed by atoms with Crippen molar-refractivity contribution < 1.29 is 9.26 Å². The first-order valence-electron chi connectivity index (χ1n) is 5.54. The van der Waals surface area contributed by atoms with Crippen LogP contribution in [0.1, 0.15) is 18.7 Å². The van der Waals surface area contributed by atoms with E-state index in [1.54, 1.807) is 7.11 Å². The lowest BCUT2D eigenvalue weighted by molar-refractivity contribution is 0.162. The van der Waals surface area contributed by atoms with E-state index in [1.165, 1.54) is 6.39 Å². The van der Waals surface area contributed by atoms with Crippen molar-refractivity contribution in [1.82, 2.24) is 15.5 Å². The Hall–Kier alpha value is -0.980. The molecule has 3 N–H and O–H groups in total. The minimum absolute atomic E-state index is 0.348. The van der Waals surface area contributed by atoms with Crippen molar-refractivity contribution in [2.75, 3.05) is 26.8 Å². The molecule has 6 heteroatoms. The first-order chi connectivity index (χ1) is 7.86. The van der Waals surface area contributed by atoms with E-state index in [0.717, 1.165) is 31.6 Å². The van der Waals surface area contributed by atoms with Crippen LogP contribution >= 0.6 is 0 Å². The van der Waals surface area contributed by atoms with E-state index in [1.807, 2.05) is 0 Å². The predicted molar refractivity (Wildman–Crippen MR) is 60.0 cm³/mol. The Kier molecular flexibility index (Phi) is 6.71. The number of nitrogens with zero attached hydrogens (tertiary/aromatic N) is 2. The second-order valence-electron chi connectivity index (χ2n) is 3.63. The molecule has 0 aromatic carbocycles. The summed E-state index contributed by atoms with van der Waals surface area (Å²) in [5.74, 6) is 0.725. The molecular formula is C10H20N4O2. The van der Waals surface area contributed by atoms with Gasteiger partial charge in [-0.15, -0.1) is 0 Å². The topological polar surface area (TPSA) is 86.2 Å². The summed E-state index contributed by atoms with van der Waals surface area (Å²) in [7, 11) is 1.70. The number of aromatic nitrogens is 2. The van der Waals surface area contributed by atoms with Crippen LogP contribution in [0.15, 0.2) is 10.9 Å². The summed E-state index contributed by atoms with van der Waals surface area (Å²) in [6.07, 6.45) is 4.13. The van der Waals surface area contributed by atoms with E-state index >= 15 is 0 Å². The number of hydrogen-bond donors (Lipinski definition) is 2. The van der Waals surface area contributed by atoms with Crippen LogP contribution in [0.3, 0.4) is 0 Å². The quantitative estimate of drug-likeness (QED) is 0.616. The highest BCUT2D eigenvalue weighted by atomic mass is 16.5. The summed E-state index contributed by atoms with van der Waals surface area (Å²) in [5, 5.41) is 7.14. The summed E-state index contributed by atoms with van der Waals surface area (Å²) in [6, 6.07) is 0.348. The molecule has 92 valence electrons. The van der Waals surface area contributed by atoms with Crippen molar-refractivity contribution in [3.63, 3.8) is 0 Å². The summed E-state index contributed by atoms with van der Waals surface area (Å²) < 4.78 is 9.79. The molecule has 0 fully saturated rings. The van der Waals surface area contributed by atoms with Gasteiger partial charge < -0.3 is 20.3 Å². The standard InChI is InChI=1S/C10H20N4O2/c1-15-7-9(3-2-5-11)12-6-4-10-13-8-16-14-10/h8-9,12H,2-7,11H2,1H3. The van der Waals surface area contributed by atoms with Crippen molar-refractivity contribution in [3.05, 3.63) is 12.2 Å². The molecular weight excluding hydrogens is 208 g/mol. The molecule has 16 heavy (non-hydrogen) atoms. The van der Waals surface area contributed by atoms with E-state index < -0.39 is 0 Å². The monoisotopic (exact) mass is 228 g/mol. The van der Waals surface area contributed by atoms with Gasteiger partial charge in [0.25, 0.3) is 0 Å². The van der Waals surface area contributed by atoms with E-state index in [9.17, 15) is 0 Å². The minimum Gasteiger partial charge on any atom is -0.383 e. The normalized spacial score (nSPS) is 12.9. The second-order valence-corrected chi connectivity index (χ2v) is 3.63. The molecule has 0 saturated heterocycles. The van der Waals surface area contributed by atoms with Crippen LogP contribution in [0, 0.1) is 0 Å². The average molecular weight is 228 g/mol. The lowest BCUT2D eigenvalue weighted by atomic mass is 10.1. The molecule has 1 unspecified atom stereocenters. The Morgan fingerprint density at radius 2 is 2.50 bits per heavy atom. The molecule has 6 nitrogen and oxygen atoms in total. The van der Waals surface area contributed by atoms with Gasteiger partial charge in [0.1, 0.15) is 0 Å². The zero-order chi connectivity index (χ0) is 11.6. The van der Waals surface area contributed by atoms with Crippen LogP contribution < -0.4 is 11.1 Å². The fourth-order valence-corrected chi connectivity index (χ4v) is 1.50. The van der Waals surface area contributed by atoms with Gasteiger partial charge in [-0.1, -0.05) is 5.16 Å². The summed E-state index contributed by atoms with van der Waals surface area (Å²) in [6.45, 7) is 2.23. The Morgan fingerprint density at radius 1 is 1.62 bits per heavy atom. The van der Waals surface area contributed by atoms with E-state index in [2.05, 4.69) is 20.0 Å². The summed E-state index contributed by atoms with van der Waals surface area (Å²) in [4.78, 5) is 3.95. The lowest BCUT2D eigenvalue weighted by Crippen LogP contribution is -2.35. The highest BCUT2D eigenvalue weighted by Crippen LogP contribution is 1.97. The maximum absolute atomic E-state index is 5.48. The molecule has 0 aliphatic carbocycles. The van der Waals surface area contributed by atoms with Crippen LogP contribution in [0.4, 0.5) is 0 Å². The second kappa shape index (κ2) is 8.20. The largest absolute Gasteiger partial charge is 0.383 e. The molecule has 0 spiro atoms. The van der Waals surface area contributed by atoms with Gasteiger partial charge in [-0.25, -0.2) is 0 Å². The van der Waals surface area contributed by atoms with Crippen molar-refractivity contribution in [3.8, 4) is 0 Å². The third-order valence-electron chi connectivity index (χ3n) is 2.31. The Balaban J connectivity index is 2.15. The van der Waals surface area contributed by atoms with Crippen LogP contribution in [0.2, 0.25) is 0 Å². The van der Waals surface area contributed by atoms with Gasteiger partial charge in [-0.3, -0.25) is 0 Å². The number of nitrogens with two attached hydrogens (primary N) is 1. The van der Waals surface area contributed by atoms with Crippen molar-refractivity contribution in [1.29, 1.82) is 0 Å². The van der Waals surface area contributed by atoms with E-state index in [-0.39, 0.29) is 0 Å². The third-order valence-corrected chi connectivity index (χ3v) is 2.31. The average Bonchev–Trinajstić information content (AvgIpc) is 2.79. The number of hydrogen-bond acceptors (Lipinski definition) is 6. The smallest absolute Gasteiger partial charge is 0.213 e. The highest BCUT2D eigenvalue weighted by molar-refractivity contribution is 4.79. The zero-order valence-electron chi connectivity index (χ0n) is 9.69. The van der Waals surface area contributed by atoms with Gasteiger partial charge in [-0.2, -0.15) is 4.98 Å². The van der Waals surface area contributed by atoms with Crippen molar-refractivity contribution in [2.45, 2.75) is 25.3 Å². The number of methoxy groups -OCH3 is 1. The lowest BCUT2D eigenvalue weighted by Gasteiger charge is -2.16. The molecule has 0 bridgehead atoms. The maximum atomic E-state index is 5.48. The first kappa shape index (κ1) is 13.1. The van der Waals surface area contributed by atoms with Crippen molar-refractivity contribution >= 4 is 0 Å². The molecule has 1 heterocycles. The van der Waals surface area contributed by atoms with Crippen LogP contribution in [0.5, 0.6) is 0 Å². The summed E-state index contributed by atoms with van der Waals surface area (Å²) >= 11 is 0. The van der Waals surface area contributed by atoms with Gasteiger partial charge >= 0.3 is 0 Å². The Labute approximate surface area is 95.5 Å². The summed E-state index contributed by atoms with van der Waals surface area (Å²) in [5.41, 5.74) is 5.48. The SMILES string of the molecule is COCC(CCCN)NCCc1ncon1. The maximum Gasteiger partial charge on any atom is 0.213 e. The predicted octanol–water partition coefficient (Wildman–Crippen LogP) is -0.0444. The number of ether oxygens (including phenoxy) is 1. The zero-order valence-corrected chi connectivity index (χ0v) is 9.69. The van der Waals surface area contributed by atoms with Gasteiger partial charge in [0.05, 0.1) is 6.61 Å². The van der Waals surface area contributed by atoms with Gasteiger partial charge in [0, 0.05) is 26.1 Å². The Morgan fingerprint density at radius 3 is 3.12 bits per heavy atom. The highest BCUT2D eigenvalue weighted by Gasteiger charge is 2.07. The fourth-order valence-electron chi connectivity index (χ4n) is 1.50. The molecule has 0 aliphatic heterocycles. The molecule has 0 aliphatic rings. The minimum atomic E-state index is 0.348. The molecule has 0 radical (unpaired) electrons. The molecule has 0 saturated carbocycles. The molecule has 1 aromatic heterocycles. The molecule has 1 rings (SSSR count). The Bertz CT molecular complexity index is 253. The van der Waals surface area contributed by atoms with Crippen LogP contribution in [-0.2, 0) is 11.2 Å². The van der Waals surface area contributed by atoms with Crippen LogP contribution in [0.25, 0.3) is 0 Å². The van der Waals surface area contributed by atoms with E-state index in [0.29, 0.717) is 19.2 Å². The fraction of sp³-hybridized carbons (Fsp3) is 0.800. The number of rotatable bonds is 9. The van der Waals surface area contributed by atoms with Gasteiger partial charge in [0.2, 0.25) is 6.39 Å². The van der Waals surface area contributed by atoms with E-state index in [4.69, 9.17) is 10.5 Å². The van der Waals surface area contributed by atoms with Gasteiger partial charge in [-0.05, 0) is 19.4 Å². The van der Waals surface area contributed by atoms with Crippen LogP contribution in [-0.4, -0.2) is 43.0 Å². The molecule has 0 amide bonds. The first-order valence-corrected chi connectivity index (χ1v) is 5.54. The molecule has 1 aromatic rings. The number of nitrogens with one attached hydrogen (secondary N) is 1. The third kappa shape index (κ3) is 5.20. The van der Waals surface area contributed by atoms with Crippen molar-refractivity contribution in [2.24, 2.45) is 5.73 Å². The molecule has 1 atom stereocenters. The van der Waals surface area contributed by atoms with Gasteiger partial charge in [0.15, 0.2) is 5.82 Å².